The SMILES string of the molecule is Fc1c(F)c(F)c(C[Si](Br)(Cc2c(F)c(F)c(F)c(F)c2F)Cc2c(F)c(F)c(F)c(F)c2F)c(F)c1F. The molecule has 0 heterocycles. The first-order valence-electron chi connectivity index (χ1n) is 9.65. The molecule has 3 aromatic carbocycles. The number of hydrogen-bond acceptors (Lipinski definition) is 0. The van der Waals surface area contributed by atoms with E-state index < -0.39 is 129 Å². The summed E-state index contributed by atoms with van der Waals surface area (Å²) in [7, 11) is 0. The predicted octanol–water partition coefficient (Wildman–Crippen LogP) is 7.76. The van der Waals surface area contributed by atoms with Gasteiger partial charge >= 0.3 is 0 Å². The Labute approximate surface area is 210 Å². The molecule has 0 spiro atoms. The smallest absolute Gasteiger partial charge is 0.200 e. The van der Waals surface area contributed by atoms with Crippen molar-refractivity contribution >= 4 is 22.0 Å². The van der Waals surface area contributed by atoms with Crippen LogP contribution in [0.2, 0.25) is 0 Å². The lowest BCUT2D eigenvalue weighted by Crippen LogP contribution is -2.40. The van der Waals surface area contributed by atoms with Gasteiger partial charge in [-0.05, 0) is 18.1 Å². The van der Waals surface area contributed by atoms with E-state index in [2.05, 4.69) is 15.3 Å². The van der Waals surface area contributed by atoms with Gasteiger partial charge in [-0.1, -0.05) is 0 Å². The lowest BCUT2D eigenvalue weighted by Gasteiger charge is -2.27. The highest BCUT2D eigenvalue weighted by Gasteiger charge is 2.41. The Kier molecular flexibility index (Phi) is 8.22. The summed E-state index contributed by atoms with van der Waals surface area (Å²) in [6, 6.07) is -4.76. The molecule has 0 unspecified atom stereocenters. The third-order valence-corrected chi connectivity index (χ3v) is 10.9. The summed E-state index contributed by atoms with van der Waals surface area (Å²) in [5, 5.41) is 0. The van der Waals surface area contributed by atoms with Gasteiger partial charge in [0.05, 0.1) is 0 Å². The van der Waals surface area contributed by atoms with Crippen molar-refractivity contribution in [3.8, 4) is 0 Å². The topological polar surface area (TPSA) is 0 Å². The van der Waals surface area contributed by atoms with Gasteiger partial charge in [-0.15, -0.1) is 15.3 Å². The average molecular weight is 651 g/mol. The van der Waals surface area contributed by atoms with Crippen molar-refractivity contribution in [2.24, 2.45) is 0 Å². The van der Waals surface area contributed by atoms with E-state index >= 15 is 0 Å². The first kappa shape index (κ1) is 29.9. The molecule has 0 nitrogen and oxygen atoms in total. The summed E-state index contributed by atoms with van der Waals surface area (Å²) in [4.78, 5) is 0. The second kappa shape index (κ2) is 10.5. The number of rotatable bonds is 6. The molecule has 0 saturated heterocycles. The van der Waals surface area contributed by atoms with Crippen molar-refractivity contribution in [1.29, 1.82) is 0 Å². The minimum absolute atomic E-state index is 1.59. The normalized spacial score (nSPS) is 12.0. The molecule has 3 rings (SSSR count). The molecule has 3 aromatic rings. The van der Waals surface area contributed by atoms with E-state index in [0.717, 1.165) is 0 Å². The van der Waals surface area contributed by atoms with Gasteiger partial charge in [0.2, 0.25) is 17.5 Å². The molecule has 0 N–H and O–H groups in total. The Morgan fingerprint density at radius 2 is 0.421 bits per heavy atom. The maximum Gasteiger partial charge on any atom is 0.200 e. The first-order chi connectivity index (χ1) is 17.4. The monoisotopic (exact) mass is 650 g/mol. The zero-order chi connectivity index (χ0) is 29.0. The Bertz CT molecular complexity index is 1210. The van der Waals surface area contributed by atoms with Crippen LogP contribution >= 0.6 is 15.3 Å². The van der Waals surface area contributed by atoms with Gasteiger partial charge < -0.3 is 0 Å². The number of halogens is 16. The van der Waals surface area contributed by atoms with Crippen LogP contribution in [0.1, 0.15) is 16.7 Å². The quantitative estimate of drug-likeness (QED) is 0.0841. The maximum atomic E-state index is 14.3. The summed E-state index contributed by atoms with van der Waals surface area (Å²) >= 11 is 2.63. The van der Waals surface area contributed by atoms with Gasteiger partial charge in [0.25, 0.3) is 0 Å². The van der Waals surface area contributed by atoms with Crippen molar-refractivity contribution in [3.05, 3.63) is 104 Å². The summed E-state index contributed by atoms with van der Waals surface area (Å²) in [6.07, 6.45) is 0. The van der Waals surface area contributed by atoms with Crippen molar-refractivity contribution in [2.45, 2.75) is 18.1 Å². The van der Waals surface area contributed by atoms with Crippen LogP contribution in [0, 0.1) is 87.3 Å². The van der Waals surface area contributed by atoms with Gasteiger partial charge in [0.15, 0.2) is 69.8 Å². The predicted molar refractivity (Wildman–Crippen MR) is 104 cm³/mol. The molecule has 17 heteroatoms. The van der Waals surface area contributed by atoms with Crippen molar-refractivity contribution in [3.63, 3.8) is 0 Å². The average Bonchev–Trinajstić information content (AvgIpc) is 2.89. The van der Waals surface area contributed by atoms with Gasteiger partial charge in [0, 0.05) is 16.7 Å². The van der Waals surface area contributed by atoms with Crippen LogP contribution in [0.5, 0.6) is 0 Å². The highest BCUT2D eigenvalue weighted by molar-refractivity contribution is 9.26. The fraction of sp³-hybridized carbons (Fsp3) is 0.143. The minimum Gasteiger partial charge on any atom is -0.203 e. The van der Waals surface area contributed by atoms with Crippen LogP contribution in [0.25, 0.3) is 0 Å². The lowest BCUT2D eigenvalue weighted by atomic mass is 10.2. The molecule has 206 valence electrons. The van der Waals surface area contributed by atoms with Crippen LogP contribution in [-0.2, 0) is 18.1 Å². The zero-order valence-electron chi connectivity index (χ0n) is 17.7. The molecule has 0 amide bonds. The maximum absolute atomic E-state index is 14.3. The highest BCUT2D eigenvalue weighted by Crippen LogP contribution is 2.36. The van der Waals surface area contributed by atoms with E-state index in [-0.39, 0.29) is 0 Å². The van der Waals surface area contributed by atoms with Crippen LogP contribution < -0.4 is 0 Å². The molecule has 0 saturated carbocycles. The molecule has 38 heavy (non-hydrogen) atoms. The Morgan fingerprint density at radius 3 is 0.579 bits per heavy atom. The van der Waals surface area contributed by atoms with Gasteiger partial charge in [-0.3, -0.25) is 0 Å². The van der Waals surface area contributed by atoms with Gasteiger partial charge in [-0.25, -0.2) is 65.9 Å². The zero-order valence-corrected chi connectivity index (χ0v) is 20.3. The van der Waals surface area contributed by atoms with E-state index in [1.807, 2.05) is 0 Å². The second-order valence-corrected chi connectivity index (χ2v) is 16.2. The van der Waals surface area contributed by atoms with E-state index in [9.17, 15) is 65.9 Å². The van der Waals surface area contributed by atoms with E-state index in [0.29, 0.717) is 0 Å². The minimum atomic E-state index is -4.84. The molecule has 0 radical (unpaired) electrons. The summed E-state index contributed by atoms with van der Waals surface area (Å²) in [5.74, 6) is -38.3. The second-order valence-electron chi connectivity index (χ2n) is 7.83. The molecule has 0 aliphatic heterocycles. The Morgan fingerprint density at radius 1 is 0.289 bits per heavy atom. The van der Waals surface area contributed by atoms with E-state index in [1.54, 1.807) is 0 Å². The van der Waals surface area contributed by atoms with Crippen LogP contribution in [0.3, 0.4) is 0 Å². The molecule has 0 bridgehead atoms. The summed E-state index contributed by atoms with van der Waals surface area (Å²) < 4.78 is 209. The van der Waals surface area contributed by atoms with Crippen molar-refractivity contribution in [1.82, 2.24) is 0 Å². The van der Waals surface area contributed by atoms with Crippen molar-refractivity contribution < 1.29 is 65.9 Å². The Balaban J connectivity index is 2.30. The molecule has 0 aromatic heterocycles. The molecule has 0 aliphatic rings. The van der Waals surface area contributed by atoms with Crippen molar-refractivity contribution in [2.75, 3.05) is 0 Å². The largest absolute Gasteiger partial charge is 0.203 e. The highest BCUT2D eigenvalue weighted by atomic mass is 79.9. The molecular weight excluding hydrogens is 645 g/mol. The fourth-order valence-electron chi connectivity index (χ4n) is 3.55. The molecule has 0 atom stereocenters. The lowest BCUT2D eigenvalue weighted by molar-refractivity contribution is 0.370. The van der Waals surface area contributed by atoms with Crippen LogP contribution in [0.4, 0.5) is 65.9 Å². The third kappa shape index (κ3) is 4.89. The Hall–Kier alpha value is -2.69. The van der Waals surface area contributed by atoms with E-state index in [1.165, 1.54) is 0 Å². The molecule has 0 fully saturated rings. The van der Waals surface area contributed by atoms with Gasteiger partial charge in [-0.2, -0.15) is 0 Å². The molecule has 0 aliphatic carbocycles. The number of hydrogen-bond donors (Lipinski definition) is 0. The van der Waals surface area contributed by atoms with Gasteiger partial charge in [0.1, 0.15) is 6.69 Å². The third-order valence-electron chi connectivity index (χ3n) is 5.38. The van der Waals surface area contributed by atoms with Crippen LogP contribution in [0.15, 0.2) is 0 Å². The fourth-order valence-corrected chi connectivity index (χ4v) is 9.29. The standard InChI is InChI=1S/C21H6BrF15Si/c22-38(1-4-7(23)13(29)19(35)14(30)8(4)24,2-5-9(25)15(31)20(36)16(32)10(5)26)3-6-11(27)17(33)21(37)18(34)12(6)28/h1-3H2. The summed E-state index contributed by atoms with van der Waals surface area (Å²) in [5.41, 5.74) is -5.26. The molecular formula is C21H6BrF15Si. The first-order valence-corrected chi connectivity index (χ1v) is 14.5. The summed E-state index contributed by atoms with van der Waals surface area (Å²) in [6.45, 7) is -4.84. The van der Waals surface area contributed by atoms with Crippen LogP contribution in [-0.4, -0.2) is 6.69 Å². The van der Waals surface area contributed by atoms with E-state index in [4.69, 9.17) is 0 Å². The number of benzene rings is 3.